The highest BCUT2D eigenvalue weighted by Crippen LogP contribution is 2.14. The van der Waals surface area contributed by atoms with Gasteiger partial charge in [0.05, 0.1) is 0 Å². The average Bonchev–Trinajstić information content (AvgIpc) is 2.74. The van der Waals surface area contributed by atoms with E-state index in [1.807, 2.05) is 0 Å². The van der Waals surface area contributed by atoms with Crippen LogP contribution in [0.4, 0.5) is 0 Å². The van der Waals surface area contributed by atoms with Gasteiger partial charge in [-0.25, -0.2) is 0 Å². The van der Waals surface area contributed by atoms with Crippen LogP contribution in [-0.4, -0.2) is 49.7 Å². The molecule has 3 heteroatoms. The van der Waals surface area contributed by atoms with E-state index in [1.54, 1.807) is 0 Å². The summed E-state index contributed by atoms with van der Waals surface area (Å²) in [6.45, 7) is 6.09. The van der Waals surface area contributed by atoms with Gasteiger partial charge in [-0.05, 0) is 65.7 Å². The summed E-state index contributed by atoms with van der Waals surface area (Å²) in [5.74, 6) is 0. The summed E-state index contributed by atoms with van der Waals surface area (Å²) in [5.41, 5.74) is 0. The van der Waals surface area contributed by atoms with E-state index in [0.717, 1.165) is 12.1 Å². The van der Waals surface area contributed by atoms with Gasteiger partial charge in [-0.2, -0.15) is 0 Å². The van der Waals surface area contributed by atoms with Gasteiger partial charge >= 0.3 is 0 Å². The highest BCUT2D eigenvalue weighted by Gasteiger charge is 2.21. The lowest BCUT2D eigenvalue weighted by atomic mass is 10.0. The lowest BCUT2D eigenvalue weighted by Crippen LogP contribution is -2.45. The van der Waals surface area contributed by atoms with Gasteiger partial charge < -0.3 is 15.5 Å². The van der Waals surface area contributed by atoms with Crippen molar-refractivity contribution in [2.45, 2.75) is 57.2 Å². The number of likely N-dealkylation sites (tertiary alicyclic amines) is 1. The highest BCUT2D eigenvalue weighted by molar-refractivity contribution is 4.82. The zero-order valence-corrected chi connectivity index (χ0v) is 10.8. The van der Waals surface area contributed by atoms with Crippen LogP contribution in [-0.2, 0) is 0 Å². The molecule has 2 saturated heterocycles. The SMILES string of the molecule is CC(CC1CCCN1)NC1CCN(C)CC1. The number of hydrogen-bond acceptors (Lipinski definition) is 3. The van der Waals surface area contributed by atoms with Crippen LogP contribution >= 0.6 is 0 Å². The zero-order chi connectivity index (χ0) is 11.4. The number of piperidine rings is 1. The summed E-state index contributed by atoms with van der Waals surface area (Å²) in [5, 5.41) is 7.38. The molecule has 0 bridgehead atoms. The van der Waals surface area contributed by atoms with Gasteiger partial charge in [-0.15, -0.1) is 0 Å². The predicted molar refractivity (Wildman–Crippen MR) is 68.8 cm³/mol. The number of nitrogens with zero attached hydrogens (tertiary/aromatic N) is 1. The molecule has 0 spiro atoms. The molecule has 2 atom stereocenters. The van der Waals surface area contributed by atoms with Crippen molar-refractivity contribution in [3.63, 3.8) is 0 Å². The summed E-state index contributed by atoms with van der Waals surface area (Å²) < 4.78 is 0. The predicted octanol–water partition coefficient (Wildman–Crippen LogP) is 1.20. The fourth-order valence-corrected chi connectivity index (χ4v) is 3.03. The normalized spacial score (nSPS) is 30.8. The van der Waals surface area contributed by atoms with Crippen LogP contribution in [0.1, 0.15) is 39.0 Å². The molecule has 2 N–H and O–H groups in total. The van der Waals surface area contributed by atoms with Gasteiger partial charge in [-0.1, -0.05) is 0 Å². The Morgan fingerprint density at radius 1 is 1.31 bits per heavy atom. The molecule has 2 rings (SSSR count). The Kier molecular flexibility index (Phi) is 4.62. The Hall–Kier alpha value is -0.120. The van der Waals surface area contributed by atoms with Crippen molar-refractivity contribution in [3.8, 4) is 0 Å². The molecule has 0 aliphatic carbocycles. The molecule has 2 aliphatic heterocycles. The van der Waals surface area contributed by atoms with Crippen molar-refractivity contribution < 1.29 is 0 Å². The van der Waals surface area contributed by atoms with E-state index in [4.69, 9.17) is 0 Å². The third-order valence-corrected chi connectivity index (χ3v) is 4.04. The largest absolute Gasteiger partial charge is 0.314 e. The van der Waals surface area contributed by atoms with Crippen molar-refractivity contribution >= 4 is 0 Å². The number of nitrogens with one attached hydrogen (secondary N) is 2. The summed E-state index contributed by atoms with van der Waals surface area (Å²) >= 11 is 0. The first-order valence-corrected chi connectivity index (χ1v) is 6.92. The molecule has 16 heavy (non-hydrogen) atoms. The zero-order valence-electron chi connectivity index (χ0n) is 10.8. The van der Waals surface area contributed by atoms with Crippen LogP contribution < -0.4 is 10.6 Å². The van der Waals surface area contributed by atoms with Crippen molar-refractivity contribution in [2.75, 3.05) is 26.7 Å². The number of hydrogen-bond donors (Lipinski definition) is 2. The fraction of sp³-hybridized carbons (Fsp3) is 1.00. The highest BCUT2D eigenvalue weighted by atomic mass is 15.1. The molecule has 0 saturated carbocycles. The van der Waals surface area contributed by atoms with Crippen molar-refractivity contribution in [1.82, 2.24) is 15.5 Å². The van der Waals surface area contributed by atoms with Crippen LogP contribution in [0, 0.1) is 0 Å². The minimum atomic E-state index is 0.670. The molecule has 0 amide bonds. The van der Waals surface area contributed by atoms with Gasteiger partial charge in [0.15, 0.2) is 0 Å². The molecule has 0 aromatic carbocycles. The van der Waals surface area contributed by atoms with Crippen molar-refractivity contribution in [2.24, 2.45) is 0 Å². The van der Waals surface area contributed by atoms with E-state index >= 15 is 0 Å². The van der Waals surface area contributed by atoms with Gasteiger partial charge in [0.2, 0.25) is 0 Å². The first kappa shape index (κ1) is 12.3. The Morgan fingerprint density at radius 2 is 2.06 bits per heavy atom. The summed E-state index contributed by atoms with van der Waals surface area (Å²) in [6.07, 6.45) is 6.68. The third kappa shape index (κ3) is 3.72. The van der Waals surface area contributed by atoms with Crippen LogP contribution in [0.15, 0.2) is 0 Å². The third-order valence-electron chi connectivity index (χ3n) is 4.04. The molecule has 0 radical (unpaired) electrons. The van der Waals surface area contributed by atoms with Crippen molar-refractivity contribution in [1.29, 1.82) is 0 Å². The van der Waals surface area contributed by atoms with E-state index in [0.29, 0.717) is 6.04 Å². The van der Waals surface area contributed by atoms with Gasteiger partial charge in [-0.3, -0.25) is 0 Å². The lowest BCUT2D eigenvalue weighted by Gasteiger charge is -2.32. The molecule has 3 nitrogen and oxygen atoms in total. The van der Waals surface area contributed by atoms with E-state index in [9.17, 15) is 0 Å². The van der Waals surface area contributed by atoms with Crippen molar-refractivity contribution in [3.05, 3.63) is 0 Å². The standard InChI is InChI=1S/C13H27N3/c1-11(10-13-4-3-7-14-13)15-12-5-8-16(2)9-6-12/h11-15H,3-10H2,1-2H3. The second-order valence-electron chi connectivity index (χ2n) is 5.67. The Morgan fingerprint density at radius 3 is 2.69 bits per heavy atom. The van der Waals surface area contributed by atoms with Crippen LogP contribution in [0.2, 0.25) is 0 Å². The van der Waals surface area contributed by atoms with Gasteiger partial charge in [0.25, 0.3) is 0 Å². The molecule has 94 valence electrons. The van der Waals surface area contributed by atoms with E-state index in [2.05, 4.69) is 29.5 Å². The first-order valence-electron chi connectivity index (χ1n) is 6.92. The maximum absolute atomic E-state index is 3.80. The number of rotatable bonds is 4. The van der Waals surface area contributed by atoms with E-state index < -0.39 is 0 Å². The van der Waals surface area contributed by atoms with Gasteiger partial charge in [0.1, 0.15) is 0 Å². The van der Waals surface area contributed by atoms with E-state index in [1.165, 1.54) is 51.7 Å². The minimum Gasteiger partial charge on any atom is -0.314 e. The average molecular weight is 225 g/mol. The van der Waals surface area contributed by atoms with Crippen LogP contribution in [0.3, 0.4) is 0 Å². The molecule has 0 aromatic heterocycles. The summed E-state index contributed by atoms with van der Waals surface area (Å²) in [7, 11) is 2.22. The Labute approximate surface area is 100.0 Å². The fourth-order valence-electron chi connectivity index (χ4n) is 3.03. The lowest BCUT2D eigenvalue weighted by molar-refractivity contribution is 0.222. The minimum absolute atomic E-state index is 0.670. The maximum Gasteiger partial charge on any atom is 0.00938 e. The molecule has 2 unspecified atom stereocenters. The first-order chi connectivity index (χ1) is 7.74. The monoisotopic (exact) mass is 225 g/mol. The molecule has 0 aromatic rings. The molecular formula is C13H27N3. The Bertz CT molecular complexity index is 193. The molecule has 2 aliphatic rings. The van der Waals surface area contributed by atoms with Crippen LogP contribution in [0.5, 0.6) is 0 Å². The second kappa shape index (κ2) is 5.99. The molecular weight excluding hydrogens is 198 g/mol. The topological polar surface area (TPSA) is 27.3 Å². The van der Waals surface area contributed by atoms with Gasteiger partial charge in [0, 0.05) is 18.1 Å². The summed E-state index contributed by atoms with van der Waals surface area (Å²) in [4.78, 5) is 2.43. The molecule has 2 fully saturated rings. The van der Waals surface area contributed by atoms with Crippen LogP contribution in [0.25, 0.3) is 0 Å². The molecule has 2 heterocycles. The summed E-state index contributed by atoms with van der Waals surface area (Å²) in [6, 6.07) is 2.20. The second-order valence-corrected chi connectivity index (χ2v) is 5.67. The quantitative estimate of drug-likeness (QED) is 0.753. The van der Waals surface area contributed by atoms with E-state index in [-0.39, 0.29) is 0 Å². The maximum atomic E-state index is 3.80. The Balaban J connectivity index is 1.64. The smallest absolute Gasteiger partial charge is 0.00938 e.